The number of amides is 1. The summed E-state index contributed by atoms with van der Waals surface area (Å²) in [5.41, 5.74) is 2.79. The van der Waals surface area contributed by atoms with E-state index in [1.54, 1.807) is 24.4 Å². The molecule has 2 aromatic carbocycles. The number of nitrogens with one attached hydrogen (secondary N) is 2. The van der Waals surface area contributed by atoms with E-state index in [1.165, 1.54) is 6.08 Å². The summed E-state index contributed by atoms with van der Waals surface area (Å²) >= 11 is 11.8. The van der Waals surface area contributed by atoms with Crippen molar-refractivity contribution in [1.82, 2.24) is 10.3 Å². The van der Waals surface area contributed by atoms with Crippen molar-refractivity contribution in [2.75, 3.05) is 18.4 Å². The largest absolute Gasteiger partial charge is 0.384 e. The van der Waals surface area contributed by atoms with E-state index in [1.807, 2.05) is 36.4 Å². The second kappa shape index (κ2) is 9.40. The number of carbonyl (C=O) groups excluding carboxylic acids is 1. The fourth-order valence-corrected chi connectivity index (χ4v) is 2.90. The van der Waals surface area contributed by atoms with Crippen LogP contribution in [-0.2, 0) is 4.79 Å². The van der Waals surface area contributed by atoms with Crippen LogP contribution in [0.25, 0.3) is 17.0 Å². The van der Waals surface area contributed by atoms with Gasteiger partial charge in [-0.2, -0.15) is 0 Å². The van der Waals surface area contributed by atoms with Gasteiger partial charge in [-0.3, -0.25) is 9.78 Å². The third-order valence-electron chi connectivity index (χ3n) is 3.97. The van der Waals surface area contributed by atoms with Crippen molar-refractivity contribution >= 4 is 51.8 Å². The molecular formula is C21H19Cl2N3O. The first-order chi connectivity index (χ1) is 13.1. The van der Waals surface area contributed by atoms with Crippen LogP contribution >= 0.6 is 23.2 Å². The fourth-order valence-electron chi connectivity index (χ4n) is 2.60. The molecule has 3 rings (SSSR count). The predicted octanol–water partition coefficient (Wildman–Crippen LogP) is 5.17. The molecule has 0 radical (unpaired) electrons. The van der Waals surface area contributed by atoms with E-state index < -0.39 is 0 Å². The Morgan fingerprint density at radius 1 is 1.00 bits per heavy atom. The average Bonchev–Trinajstić information content (AvgIpc) is 2.67. The molecule has 0 aliphatic rings. The van der Waals surface area contributed by atoms with Gasteiger partial charge in [0, 0.05) is 46.5 Å². The van der Waals surface area contributed by atoms with Crippen molar-refractivity contribution in [2.45, 2.75) is 6.42 Å². The Labute approximate surface area is 168 Å². The normalized spacial score (nSPS) is 11.0. The molecule has 0 atom stereocenters. The first-order valence-electron chi connectivity index (χ1n) is 8.61. The quantitative estimate of drug-likeness (QED) is 0.425. The number of aromatic nitrogens is 1. The van der Waals surface area contributed by atoms with E-state index in [9.17, 15) is 4.79 Å². The van der Waals surface area contributed by atoms with Gasteiger partial charge < -0.3 is 10.6 Å². The molecule has 0 bridgehead atoms. The highest BCUT2D eigenvalue weighted by Crippen LogP contribution is 2.24. The van der Waals surface area contributed by atoms with E-state index in [2.05, 4.69) is 15.6 Å². The molecule has 6 heteroatoms. The molecule has 0 saturated carbocycles. The van der Waals surface area contributed by atoms with Crippen LogP contribution in [0.3, 0.4) is 0 Å². The number of rotatable bonds is 7. The molecule has 0 fully saturated rings. The summed E-state index contributed by atoms with van der Waals surface area (Å²) in [7, 11) is 0. The van der Waals surface area contributed by atoms with E-state index in [0.29, 0.717) is 16.6 Å². The van der Waals surface area contributed by atoms with Crippen LogP contribution in [0.5, 0.6) is 0 Å². The van der Waals surface area contributed by atoms with Crippen LogP contribution in [0.1, 0.15) is 12.0 Å². The lowest BCUT2D eigenvalue weighted by molar-refractivity contribution is -0.116. The number of fused-ring (bicyclic) bond motifs is 1. The van der Waals surface area contributed by atoms with Gasteiger partial charge in [-0.05, 0) is 54.5 Å². The molecule has 0 aliphatic carbocycles. The predicted molar refractivity (Wildman–Crippen MR) is 113 cm³/mol. The highest BCUT2D eigenvalue weighted by atomic mass is 35.5. The average molecular weight is 400 g/mol. The monoisotopic (exact) mass is 399 g/mol. The molecule has 138 valence electrons. The van der Waals surface area contributed by atoms with Crippen LogP contribution in [0.2, 0.25) is 10.0 Å². The van der Waals surface area contributed by atoms with Crippen LogP contribution in [0, 0.1) is 0 Å². The molecule has 1 amide bonds. The SMILES string of the molecule is O=C(/C=C/c1ccc(Cl)cc1)NCCCNc1ccnc2cc(Cl)ccc12. The van der Waals surface area contributed by atoms with E-state index in [0.717, 1.165) is 35.1 Å². The topological polar surface area (TPSA) is 54.0 Å². The van der Waals surface area contributed by atoms with Gasteiger partial charge in [0.05, 0.1) is 5.52 Å². The maximum Gasteiger partial charge on any atom is 0.244 e. The summed E-state index contributed by atoms with van der Waals surface area (Å²) in [5.74, 6) is -0.117. The number of nitrogens with zero attached hydrogens (tertiary/aromatic N) is 1. The smallest absolute Gasteiger partial charge is 0.244 e. The lowest BCUT2D eigenvalue weighted by Gasteiger charge is -2.09. The Balaban J connectivity index is 1.43. The van der Waals surface area contributed by atoms with Gasteiger partial charge in [0.2, 0.25) is 5.91 Å². The maximum absolute atomic E-state index is 11.9. The Morgan fingerprint density at radius 2 is 1.78 bits per heavy atom. The summed E-state index contributed by atoms with van der Waals surface area (Å²) in [6.45, 7) is 1.33. The lowest BCUT2D eigenvalue weighted by atomic mass is 10.2. The van der Waals surface area contributed by atoms with Crippen molar-refractivity contribution in [2.24, 2.45) is 0 Å². The molecule has 1 aromatic heterocycles. The zero-order valence-corrected chi connectivity index (χ0v) is 16.1. The molecule has 2 N–H and O–H groups in total. The standard InChI is InChI=1S/C21H19Cl2N3O/c22-16-5-2-15(3-6-16)4-9-21(27)26-12-1-11-24-19-10-13-25-20-14-17(23)7-8-18(19)20/h2-10,13-14H,1,11-12H2,(H,24,25)(H,26,27)/b9-4+. The summed E-state index contributed by atoms with van der Waals surface area (Å²) < 4.78 is 0. The minimum absolute atomic E-state index is 0.117. The van der Waals surface area contributed by atoms with Crippen molar-refractivity contribution in [3.63, 3.8) is 0 Å². The summed E-state index contributed by atoms with van der Waals surface area (Å²) in [6.07, 6.45) is 5.84. The number of benzene rings is 2. The van der Waals surface area contributed by atoms with Gasteiger partial charge in [-0.15, -0.1) is 0 Å². The molecule has 0 saturated heterocycles. The minimum Gasteiger partial charge on any atom is -0.384 e. The Kier molecular flexibility index (Phi) is 6.69. The van der Waals surface area contributed by atoms with E-state index >= 15 is 0 Å². The van der Waals surface area contributed by atoms with Crippen molar-refractivity contribution in [3.8, 4) is 0 Å². The molecule has 0 aliphatic heterocycles. The Morgan fingerprint density at radius 3 is 2.59 bits per heavy atom. The number of hydrogen-bond donors (Lipinski definition) is 2. The maximum atomic E-state index is 11.9. The summed E-state index contributed by atoms with van der Waals surface area (Å²) in [6, 6.07) is 14.9. The third kappa shape index (κ3) is 5.71. The second-order valence-corrected chi connectivity index (χ2v) is 6.85. The van der Waals surface area contributed by atoms with Crippen molar-refractivity contribution in [3.05, 3.63) is 76.4 Å². The molecule has 0 spiro atoms. The highest BCUT2D eigenvalue weighted by molar-refractivity contribution is 6.31. The third-order valence-corrected chi connectivity index (χ3v) is 4.46. The van der Waals surface area contributed by atoms with Crippen LogP contribution in [0.15, 0.2) is 60.8 Å². The van der Waals surface area contributed by atoms with Crippen molar-refractivity contribution < 1.29 is 4.79 Å². The number of anilines is 1. The van der Waals surface area contributed by atoms with Gasteiger partial charge in [-0.25, -0.2) is 0 Å². The van der Waals surface area contributed by atoms with Gasteiger partial charge in [0.25, 0.3) is 0 Å². The molecule has 3 aromatic rings. The van der Waals surface area contributed by atoms with Crippen LogP contribution in [0.4, 0.5) is 5.69 Å². The van der Waals surface area contributed by atoms with E-state index in [-0.39, 0.29) is 5.91 Å². The Hall–Kier alpha value is -2.56. The molecule has 0 unspecified atom stereocenters. The van der Waals surface area contributed by atoms with Crippen LogP contribution in [-0.4, -0.2) is 24.0 Å². The van der Waals surface area contributed by atoms with Gasteiger partial charge in [0.15, 0.2) is 0 Å². The number of pyridine rings is 1. The van der Waals surface area contributed by atoms with Gasteiger partial charge >= 0.3 is 0 Å². The zero-order chi connectivity index (χ0) is 19.1. The number of halogens is 2. The van der Waals surface area contributed by atoms with Crippen molar-refractivity contribution in [1.29, 1.82) is 0 Å². The number of hydrogen-bond acceptors (Lipinski definition) is 3. The zero-order valence-electron chi connectivity index (χ0n) is 14.6. The molecule has 1 heterocycles. The molecule has 27 heavy (non-hydrogen) atoms. The van der Waals surface area contributed by atoms with Gasteiger partial charge in [0.1, 0.15) is 0 Å². The lowest BCUT2D eigenvalue weighted by Crippen LogP contribution is -2.23. The minimum atomic E-state index is -0.117. The second-order valence-electron chi connectivity index (χ2n) is 5.98. The van der Waals surface area contributed by atoms with E-state index in [4.69, 9.17) is 23.2 Å². The summed E-state index contributed by atoms with van der Waals surface area (Å²) in [5, 5.41) is 8.62. The highest BCUT2D eigenvalue weighted by Gasteiger charge is 2.02. The summed E-state index contributed by atoms with van der Waals surface area (Å²) in [4.78, 5) is 16.2. The number of carbonyl (C=O) groups is 1. The van der Waals surface area contributed by atoms with Gasteiger partial charge in [-0.1, -0.05) is 35.3 Å². The van der Waals surface area contributed by atoms with Crippen LogP contribution < -0.4 is 10.6 Å². The fraction of sp³-hybridized carbons (Fsp3) is 0.143. The Bertz CT molecular complexity index is 955. The first-order valence-corrected chi connectivity index (χ1v) is 9.37. The molecule has 4 nitrogen and oxygen atoms in total. The first kappa shape index (κ1) is 19.2. The molecular weight excluding hydrogens is 381 g/mol.